The molecule has 128 valence electrons. The van der Waals surface area contributed by atoms with Gasteiger partial charge in [-0.2, -0.15) is 4.57 Å². The zero-order valence-electron chi connectivity index (χ0n) is 14.1. The molecule has 0 radical (unpaired) electrons. The molecule has 2 heterocycles. The van der Waals surface area contributed by atoms with Crippen molar-refractivity contribution >= 4 is 5.78 Å². The SMILES string of the molecule is COc1ccc(C(=O)C(C)[n+]2ccccc2-c2ccccn2)cc1.[Br-]. The first kappa shape index (κ1) is 18.8. The Hall–Kier alpha value is -2.53. The number of hydrogen-bond acceptors (Lipinski definition) is 3. The number of ether oxygens (including phenoxy) is 1. The largest absolute Gasteiger partial charge is 1.00 e. The molecule has 0 N–H and O–H groups in total. The molecule has 0 saturated carbocycles. The van der Waals surface area contributed by atoms with E-state index in [1.165, 1.54) is 0 Å². The van der Waals surface area contributed by atoms with E-state index in [2.05, 4.69) is 4.98 Å². The third-order valence-electron chi connectivity index (χ3n) is 3.99. The van der Waals surface area contributed by atoms with Crippen molar-refractivity contribution in [1.82, 2.24) is 4.98 Å². The van der Waals surface area contributed by atoms with Crippen LogP contribution in [0, 0.1) is 0 Å². The number of aromatic nitrogens is 2. The second kappa shape index (κ2) is 8.53. The second-order valence-electron chi connectivity index (χ2n) is 5.48. The van der Waals surface area contributed by atoms with E-state index < -0.39 is 0 Å². The fourth-order valence-corrected chi connectivity index (χ4v) is 2.65. The summed E-state index contributed by atoms with van der Waals surface area (Å²) < 4.78 is 7.10. The van der Waals surface area contributed by atoms with Crippen LogP contribution in [0.4, 0.5) is 0 Å². The van der Waals surface area contributed by atoms with E-state index in [9.17, 15) is 4.79 Å². The lowest BCUT2D eigenvalue weighted by atomic mass is 10.0. The van der Waals surface area contributed by atoms with Gasteiger partial charge in [0.05, 0.1) is 7.11 Å². The molecule has 0 saturated heterocycles. The smallest absolute Gasteiger partial charge is 0.231 e. The van der Waals surface area contributed by atoms with Gasteiger partial charge in [0.25, 0.3) is 0 Å². The molecule has 1 unspecified atom stereocenters. The van der Waals surface area contributed by atoms with Crippen LogP contribution in [-0.4, -0.2) is 17.9 Å². The maximum absolute atomic E-state index is 12.8. The topological polar surface area (TPSA) is 43.1 Å². The van der Waals surface area contributed by atoms with Gasteiger partial charge in [-0.25, -0.2) is 4.98 Å². The molecule has 0 aliphatic rings. The molecule has 0 fully saturated rings. The summed E-state index contributed by atoms with van der Waals surface area (Å²) >= 11 is 0. The van der Waals surface area contributed by atoms with Gasteiger partial charge >= 0.3 is 0 Å². The summed E-state index contributed by atoms with van der Waals surface area (Å²) in [5.41, 5.74) is 2.41. The number of carbonyl (C=O) groups excluding carboxylic acids is 1. The third kappa shape index (κ3) is 4.12. The summed E-state index contributed by atoms with van der Waals surface area (Å²) in [6.07, 6.45) is 3.67. The Kier molecular flexibility index (Phi) is 6.42. The summed E-state index contributed by atoms with van der Waals surface area (Å²) in [7, 11) is 1.61. The van der Waals surface area contributed by atoms with E-state index in [0.29, 0.717) is 5.56 Å². The molecule has 0 aliphatic carbocycles. The summed E-state index contributed by atoms with van der Waals surface area (Å²) in [6.45, 7) is 1.90. The molecule has 1 atom stereocenters. The number of benzene rings is 1. The molecule has 3 rings (SSSR count). The van der Waals surface area contributed by atoms with Crippen LogP contribution >= 0.6 is 0 Å². The number of rotatable bonds is 5. The number of nitrogens with zero attached hydrogens (tertiary/aromatic N) is 2. The fraction of sp³-hybridized carbons (Fsp3) is 0.150. The highest BCUT2D eigenvalue weighted by molar-refractivity contribution is 5.97. The average molecular weight is 399 g/mol. The van der Waals surface area contributed by atoms with Gasteiger partial charge in [0, 0.05) is 30.8 Å². The Bertz CT molecular complexity index is 836. The van der Waals surface area contributed by atoms with Gasteiger partial charge in [0.15, 0.2) is 6.20 Å². The summed E-state index contributed by atoms with van der Waals surface area (Å²) in [5.74, 6) is 0.784. The van der Waals surface area contributed by atoms with Crippen LogP contribution in [-0.2, 0) is 0 Å². The zero-order chi connectivity index (χ0) is 16.9. The van der Waals surface area contributed by atoms with Crippen LogP contribution < -0.4 is 26.3 Å². The average Bonchev–Trinajstić information content (AvgIpc) is 2.67. The Morgan fingerprint density at radius 2 is 1.76 bits per heavy atom. The Morgan fingerprint density at radius 1 is 1.04 bits per heavy atom. The second-order valence-corrected chi connectivity index (χ2v) is 5.48. The van der Waals surface area contributed by atoms with Crippen molar-refractivity contribution in [3.05, 3.63) is 78.6 Å². The Balaban J connectivity index is 0.00000225. The van der Waals surface area contributed by atoms with Crippen molar-refractivity contribution in [2.75, 3.05) is 7.11 Å². The monoisotopic (exact) mass is 398 g/mol. The van der Waals surface area contributed by atoms with Gasteiger partial charge in [0.2, 0.25) is 17.5 Å². The highest BCUT2D eigenvalue weighted by atomic mass is 79.9. The van der Waals surface area contributed by atoms with Gasteiger partial charge in [-0.3, -0.25) is 4.79 Å². The molecule has 0 bridgehead atoms. The Labute approximate surface area is 157 Å². The Morgan fingerprint density at radius 3 is 2.40 bits per heavy atom. The van der Waals surface area contributed by atoms with Gasteiger partial charge in [-0.1, -0.05) is 6.07 Å². The van der Waals surface area contributed by atoms with Crippen LogP contribution in [0.5, 0.6) is 5.75 Å². The number of methoxy groups -OCH3 is 1. The van der Waals surface area contributed by atoms with Gasteiger partial charge in [0.1, 0.15) is 11.4 Å². The third-order valence-corrected chi connectivity index (χ3v) is 3.99. The number of Topliss-reactive ketones (excluding diaryl/α,β-unsaturated/α-hetero) is 1. The quantitative estimate of drug-likeness (QED) is 0.464. The van der Waals surface area contributed by atoms with Crippen molar-refractivity contribution in [3.8, 4) is 17.1 Å². The number of ketones is 1. The van der Waals surface area contributed by atoms with Crippen LogP contribution in [0.2, 0.25) is 0 Å². The minimum Gasteiger partial charge on any atom is -1.00 e. The summed E-state index contributed by atoms with van der Waals surface area (Å²) in [4.78, 5) is 17.2. The molecule has 1 aromatic carbocycles. The molecule has 0 spiro atoms. The lowest BCUT2D eigenvalue weighted by Crippen LogP contribution is -3.00. The maximum atomic E-state index is 12.8. The lowest BCUT2D eigenvalue weighted by Gasteiger charge is -2.10. The van der Waals surface area contributed by atoms with E-state index in [1.54, 1.807) is 37.6 Å². The standard InChI is InChI=1S/C20H19N2O2.BrH/c1-15(20(23)16-9-11-17(24-2)12-10-16)22-14-6-4-8-19(22)18-7-3-5-13-21-18;/h3-15H,1-2H3;1H/q+1;/p-1. The molecular weight excluding hydrogens is 380 g/mol. The van der Waals surface area contributed by atoms with Crippen LogP contribution in [0.3, 0.4) is 0 Å². The van der Waals surface area contributed by atoms with Gasteiger partial charge < -0.3 is 21.7 Å². The number of hydrogen-bond donors (Lipinski definition) is 0. The molecule has 0 amide bonds. The fourth-order valence-electron chi connectivity index (χ4n) is 2.65. The van der Waals surface area contributed by atoms with E-state index in [-0.39, 0.29) is 28.8 Å². The van der Waals surface area contributed by atoms with Crippen molar-refractivity contribution < 1.29 is 31.1 Å². The first-order valence-corrected chi connectivity index (χ1v) is 7.80. The number of carbonyl (C=O) groups is 1. The van der Waals surface area contributed by atoms with Crippen molar-refractivity contribution in [2.24, 2.45) is 0 Å². The highest BCUT2D eigenvalue weighted by Crippen LogP contribution is 2.18. The zero-order valence-corrected chi connectivity index (χ0v) is 15.7. The van der Waals surface area contributed by atoms with Gasteiger partial charge in [-0.05, 0) is 42.5 Å². The maximum Gasteiger partial charge on any atom is 0.231 e. The van der Waals surface area contributed by atoms with Crippen LogP contribution in [0.15, 0.2) is 73.1 Å². The normalized spacial score (nSPS) is 11.3. The molecule has 0 aliphatic heterocycles. The van der Waals surface area contributed by atoms with E-state index in [4.69, 9.17) is 4.74 Å². The predicted molar refractivity (Wildman–Crippen MR) is 91.9 cm³/mol. The van der Waals surface area contributed by atoms with E-state index >= 15 is 0 Å². The molecule has 3 aromatic rings. The first-order chi connectivity index (χ1) is 11.7. The predicted octanol–water partition coefficient (Wildman–Crippen LogP) is 0.493. The first-order valence-electron chi connectivity index (χ1n) is 7.80. The van der Waals surface area contributed by atoms with E-state index in [1.807, 2.05) is 54.1 Å². The highest BCUT2D eigenvalue weighted by Gasteiger charge is 2.27. The van der Waals surface area contributed by atoms with Crippen molar-refractivity contribution in [1.29, 1.82) is 0 Å². The van der Waals surface area contributed by atoms with Gasteiger partial charge in [-0.15, -0.1) is 0 Å². The molecule has 4 nitrogen and oxygen atoms in total. The molecule has 25 heavy (non-hydrogen) atoms. The molecule has 2 aromatic heterocycles. The van der Waals surface area contributed by atoms with Crippen molar-refractivity contribution in [3.63, 3.8) is 0 Å². The molecular formula is C20H19BrN2O2. The summed E-state index contributed by atoms with van der Waals surface area (Å²) in [5, 5.41) is 0. The van der Waals surface area contributed by atoms with E-state index in [0.717, 1.165) is 17.1 Å². The van der Waals surface area contributed by atoms with Crippen LogP contribution in [0.1, 0.15) is 23.3 Å². The minimum absolute atomic E-state index is 0. The number of pyridine rings is 2. The number of halogens is 1. The van der Waals surface area contributed by atoms with Crippen molar-refractivity contribution in [2.45, 2.75) is 13.0 Å². The van der Waals surface area contributed by atoms with Crippen LogP contribution in [0.25, 0.3) is 11.4 Å². The minimum atomic E-state index is -0.336. The molecule has 5 heteroatoms. The summed E-state index contributed by atoms with van der Waals surface area (Å²) in [6, 6.07) is 18.5. The lowest BCUT2D eigenvalue weighted by molar-refractivity contribution is -0.694.